The highest BCUT2D eigenvalue weighted by atomic mass is 16.7. The summed E-state index contributed by atoms with van der Waals surface area (Å²) in [6, 6.07) is 2.89. The van der Waals surface area contributed by atoms with E-state index in [-0.39, 0.29) is 28.2 Å². The van der Waals surface area contributed by atoms with Gasteiger partial charge in [0.1, 0.15) is 5.52 Å². The lowest BCUT2D eigenvalue weighted by Crippen LogP contribution is -2.49. The van der Waals surface area contributed by atoms with Crippen LogP contribution in [-0.4, -0.2) is 33.3 Å². The Kier molecular flexibility index (Phi) is 4.48. The van der Waals surface area contributed by atoms with E-state index in [1.807, 2.05) is 20.8 Å². The van der Waals surface area contributed by atoms with Crippen molar-refractivity contribution < 1.29 is 28.4 Å². The number of non-ortho nitro benzene ring substituents is 1. The van der Waals surface area contributed by atoms with Crippen LogP contribution in [0.1, 0.15) is 52.0 Å². The monoisotopic (exact) mass is 416 g/mol. The van der Waals surface area contributed by atoms with Crippen LogP contribution in [0.3, 0.4) is 0 Å². The fraction of sp³-hybridized carbons (Fsp3) is 0.474. The molecule has 1 aromatic heterocycles. The number of esters is 2. The molecule has 1 aromatic carbocycles. The van der Waals surface area contributed by atoms with Crippen LogP contribution in [0.4, 0.5) is 11.7 Å². The molecule has 158 valence electrons. The summed E-state index contributed by atoms with van der Waals surface area (Å²) in [5.74, 6) is -3.01. The van der Waals surface area contributed by atoms with E-state index in [0.29, 0.717) is 18.4 Å². The second-order valence-electron chi connectivity index (χ2n) is 8.34. The minimum atomic E-state index is -1.20. The third-order valence-corrected chi connectivity index (χ3v) is 5.11. The third kappa shape index (κ3) is 3.46. The molecule has 0 unspecified atom stereocenters. The van der Waals surface area contributed by atoms with Gasteiger partial charge in [-0.25, -0.2) is 15.0 Å². The normalized spacial score (nSPS) is 18.4. The predicted molar refractivity (Wildman–Crippen MR) is 104 cm³/mol. The summed E-state index contributed by atoms with van der Waals surface area (Å²) >= 11 is 0. The van der Waals surface area contributed by atoms with Gasteiger partial charge in [0.2, 0.25) is 5.58 Å². The first-order valence-electron chi connectivity index (χ1n) is 9.48. The molecular formula is C19H20N4O7. The van der Waals surface area contributed by atoms with Crippen molar-refractivity contribution in [2.45, 2.75) is 57.7 Å². The molecule has 11 nitrogen and oxygen atoms in total. The molecule has 0 bridgehead atoms. The molecule has 2 heterocycles. The Morgan fingerprint density at radius 1 is 1.17 bits per heavy atom. The molecule has 2 aliphatic rings. The SMILES string of the molecule is CC(C)(C)c1cc([N+](=O)[O-])c2oc(NN=C3C(=O)OC4(CCCC4)OC3=O)nc2c1. The number of oxazole rings is 1. The van der Waals surface area contributed by atoms with E-state index in [0.717, 1.165) is 12.8 Å². The first-order chi connectivity index (χ1) is 14.1. The lowest BCUT2D eigenvalue weighted by atomic mass is 9.86. The summed E-state index contributed by atoms with van der Waals surface area (Å²) in [6.45, 7) is 5.75. The molecule has 4 rings (SSSR count). The molecule has 1 N–H and O–H groups in total. The second-order valence-corrected chi connectivity index (χ2v) is 8.34. The number of hydrazone groups is 1. The Morgan fingerprint density at radius 3 is 2.37 bits per heavy atom. The summed E-state index contributed by atoms with van der Waals surface area (Å²) in [7, 11) is 0. The van der Waals surface area contributed by atoms with E-state index in [9.17, 15) is 19.7 Å². The van der Waals surface area contributed by atoms with Gasteiger partial charge in [0.15, 0.2) is 0 Å². The number of hydrogen-bond acceptors (Lipinski definition) is 10. The van der Waals surface area contributed by atoms with E-state index in [1.165, 1.54) is 6.07 Å². The summed E-state index contributed by atoms with van der Waals surface area (Å²) in [6.07, 6.45) is 2.50. The Labute approximate surface area is 170 Å². The molecule has 1 aliphatic heterocycles. The number of nitro benzene ring substituents is 1. The average Bonchev–Trinajstić information content (AvgIpc) is 3.25. The van der Waals surface area contributed by atoms with E-state index < -0.39 is 28.4 Å². The maximum atomic E-state index is 12.2. The van der Waals surface area contributed by atoms with Gasteiger partial charge in [0.25, 0.3) is 11.5 Å². The number of benzene rings is 1. The van der Waals surface area contributed by atoms with Crippen molar-refractivity contribution in [1.82, 2.24) is 4.98 Å². The van der Waals surface area contributed by atoms with Gasteiger partial charge in [0.05, 0.1) is 4.92 Å². The van der Waals surface area contributed by atoms with Crippen molar-refractivity contribution in [1.29, 1.82) is 0 Å². The van der Waals surface area contributed by atoms with E-state index in [2.05, 4.69) is 15.5 Å². The number of hydrogen-bond donors (Lipinski definition) is 1. The maximum absolute atomic E-state index is 12.2. The lowest BCUT2D eigenvalue weighted by molar-refractivity contribution is -0.383. The molecule has 0 radical (unpaired) electrons. The van der Waals surface area contributed by atoms with Crippen LogP contribution in [0.25, 0.3) is 11.1 Å². The van der Waals surface area contributed by atoms with E-state index in [4.69, 9.17) is 13.9 Å². The number of ether oxygens (including phenoxy) is 2. The zero-order chi connectivity index (χ0) is 21.7. The second kappa shape index (κ2) is 6.78. The molecular weight excluding hydrogens is 396 g/mol. The molecule has 30 heavy (non-hydrogen) atoms. The van der Waals surface area contributed by atoms with Crippen LogP contribution in [-0.2, 0) is 24.5 Å². The Hall–Kier alpha value is -3.50. The van der Waals surface area contributed by atoms with Crippen molar-refractivity contribution in [3.05, 3.63) is 27.8 Å². The minimum absolute atomic E-state index is 0.0468. The number of fused-ring (bicyclic) bond motifs is 1. The van der Waals surface area contributed by atoms with Gasteiger partial charge < -0.3 is 13.9 Å². The van der Waals surface area contributed by atoms with Crippen molar-refractivity contribution in [2.24, 2.45) is 5.10 Å². The largest absolute Gasteiger partial charge is 0.417 e. The maximum Gasteiger partial charge on any atom is 0.369 e. The number of anilines is 1. The molecule has 1 spiro atoms. The van der Waals surface area contributed by atoms with Gasteiger partial charge >= 0.3 is 23.6 Å². The first kappa shape index (κ1) is 19.8. The zero-order valence-electron chi connectivity index (χ0n) is 16.7. The highest BCUT2D eigenvalue weighted by molar-refractivity contribution is 6.63. The smallest absolute Gasteiger partial charge is 0.369 e. The fourth-order valence-electron chi connectivity index (χ4n) is 3.48. The van der Waals surface area contributed by atoms with Gasteiger partial charge in [-0.3, -0.25) is 10.1 Å². The zero-order valence-corrected chi connectivity index (χ0v) is 16.7. The first-order valence-corrected chi connectivity index (χ1v) is 9.48. The summed E-state index contributed by atoms with van der Waals surface area (Å²) in [4.78, 5) is 39.5. The molecule has 0 amide bonds. The molecule has 2 fully saturated rings. The molecule has 1 saturated carbocycles. The molecule has 2 aromatic rings. The fourth-order valence-corrected chi connectivity index (χ4v) is 3.48. The Balaban J connectivity index is 1.63. The van der Waals surface area contributed by atoms with Crippen LogP contribution >= 0.6 is 0 Å². The lowest BCUT2D eigenvalue weighted by Gasteiger charge is -2.32. The van der Waals surface area contributed by atoms with Crippen LogP contribution in [0.15, 0.2) is 21.7 Å². The van der Waals surface area contributed by atoms with Crippen LogP contribution in [0.2, 0.25) is 0 Å². The van der Waals surface area contributed by atoms with E-state index >= 15 is 0 Å². The van der Waals surface area contributed by atoms with E-state index in [1.54, 1.807) is 6.07 Å². The third-order valence-electron chi connectivity index (χ3n) is 5.11. The van der Waals surface area contributed by atoms with Gasteiger partial charge in [-0.1, -0.05) is 20.8 Å². The van der Waals surface area contributed by atoms with Crippen molar-refractivity contribution in [3.8, 4) is 0 Å². The van der Waals surface area contributed by atoms with Gasteiger partial charge in [-0.15, -0.1) is 0 Å². The summed E-state index contributed by atoms with van der Waals surface area (Å²) in [5, 5.41) is 15.2. The standard InChI is InChI=1S/C19H20N4O7/c1-18(2,3)10-8-11-14(12(9-10)23(26)27)28-17(20-11)22-21-13-15(24)29-19(30-16(13)25)6-4-5-7-19/h8-9H,4-7H2,1-3H3,(H,20,22). The number of nitro groups is 1. The van der Waals surface area contributed by atoms with Gasteiger partial charge in [0, 0.05) is 18.9 Å². The highest BCUT2D eigenvalue weighted by Gasteiger charge is 2.49. The molecule has 11 heteroatoms. The van der Waals surface area contributed by atoms with Gasteiger partial charge in [-0.2, -0.15) is 10.1 Å². The number of nitrogens with one attached hydrogen (secondary N) is 1. The van der Waals surface area contributed by atoms with Crippen LogP contribution < -0.4 is 5.43 Å². The number of aromatic nitrogens is 1. The number of carbonyl (C=O) groups excluding carboxylic acids is 2. The number of rotatable bonds is 3. The van der Waals surface area contributed by atoms with Gasteiger partial charge in [-0.05, 0) is 29.9 Å². The minimum Gasteiger partial charge on any atom is -0.417 e. The average molecular weight is 416 g/mol. The molecule has 0 atom stereocenters. The van der Waals surface area contributed by atoms with Crippen molar-refractivity contribution >= 4 is 40.5 Å². The number of nitrogens with zero attached hydrogens (tertiary/aromatic N) is 3. The Bertz CT molecular complexity index is 1070. The quantitative estimate of drug-likeness (QED) is 0.452. The molecule has 1 saturated heterocycles. The number of carbonyl (C=O) groups is 2. The summed E-state index contributed by atoms with van der Waals surface area (Å²) < 4.78 is 16.0. The highest BCUT2D eigenvalue weighted by Crippen LogP contribution is 2.37. The van der Waals surface area contributed by atoms with Crippen LogP contribution in [0, 0.1) is 10.1 Å². The van der Waals surface area contributed by atoms with Crippen molar-refractivity contribution in [2.75, 3.05) is 5.43 Å². The topological polar surface area (TPSA) is 146 Å². The Morgan fingerprint density at radius 2 is 1.80 bits per heavy atom. The molecule has 1 aliphatic carbocycles. The van der Waals surface area contributed by atoms with Crippen molar-refractivity contribution in [3.63, 3.8) is 0 Å². The van der Waals surface area contributed by atoms with Crippen LogP contribution in [0.5, 0.6) is 0 Å². The summed E-state index contributed by atoms with van der Waals surface area (Å²) in [5.41, 5.74) is 2.08. The predicted octanol–water partition coefficient (Wildman–Crippen LogP) is 3.17.